The Morgan fingerprint density at radius 3 is 2.65 bits per heavy atom. The maximum absolute atomic E-state index is 12.6. The highest BCUT2D eigenvalue weighted by Gasteiger charge is 2.31. The van der Waals surface area contributed by atoms with Crippen LogP contribution in [0.5, 0.6) is 0 Å². The molecule has 6 nitrogen and oxygen atoms in total. The van der Waals surface area contributed by atoms with E-state index in [2.05, 4.69) is 20.4 Å². The third kappa shape index (κ3) is 3.59. The van der Waals surface area contributed by atoms with E-state index in [9.17, 15) is 13.2 Å². The van der Waals surface area contributed by atoms with Gasteiger partial charge in [-0.2, -0.15) is 18.2 Å². The van der Waals surface area contributed by atoms with Crippen LogP contribution < -0.4 is 11.1 Å². The van der Waals surface area contributed by atoms with Crippen molar-refractivity contribution in [3.05, 3.63) is 29.4 Å². The summed E-state index contributed by atoms with van der Waals surface area (Å²) in [5.74, 6) is 0.756. The van der Waals surface area contributed by atoms with E-state index in [4.69, 9.17) is 10.3 Å². The number of nitrogens with one attached hydrogen (secondary N) is 1. The van der Waals surface area contributed by atoms with E-state index >= 15 is 0 Å². The molecule has 0 bridgehead atoms. The van der Waals surface area contributed by atoms with Crippen LogP contribution in [0.1, 0.15) is 17.3 Å². The fourth-order valence-electron chi connectivity index (χ4n) is 1.55. The molecular formula is C11H12F3N5O. The number of nitrogens with zero attached hydrogens (tertiary/aromatic N) is 3. The van der Waals surface area contributed by atoms with Crippen molar-refractivity contribution >= 4 is 11.6 Å². The molecule has 0 aliphatic carbocycles. The van der Waals surface area contributed by atoms with Crippen LogP contribution in [0.2, 0.25) is 0 Å². The second-order valence-electron chi connectivity index (χ2n) is 4.07. The zero-order valence-electron chi connectivity index (χ0n) is 10.5. The largest absolute Gasteiger partial charge is 0.416 e. The zero-order chi connectivity index (χ0) is 14.8. The van der Waals surface area contributed by atoms with Crippen LogP contribution in [0.3, 0.4) is 0 Å². The second-order valence-corrected chi connectivity index (χ2v) is 4.07. The number of halogens is 3. The molecular weight excluding hydrogens is 275 g/mol. The lowest BCUT2D eigenvalue weighted by atomic mass is 10.2. The van der Waals surface area contributed by atoms with Crippen LogP contribution in [-0.4, -0.2) is 21.7 Å². The fourth-order valence-corrected chi connectivity index (χ4v) is 1.55. The highest BCUT2D eigenvalue weighted by molar-refractivity contribution is 5.47. The minimum Gasteiger partial charge on any atom is -0.384 e. The number of hydrogen-bond acceptors (Lipinski definition) is 6. The van der Waals surface area contributed by atoms with Gasteiger partial charge < -0.3 is 15.6 Å². The lowest BCUT2D eigenvalue weighted by Crippen LogP contribution is -2.11. The summed E-state index contributed by atoms with van der Waals surface area (Å²) in [5, 5.41) is 6.41. The lowest BCUT2D eigenvalue weighted by molar-refractivity contribution is -0.137. The Kier molecular flexibility index (Phi) is 3.77. The number of nitrogen functional groups attached to an aromatic ring is 1. The first-order valence-corrected chi connectivity index (χ1v) is 5.72. The molecule has 20 heavy (non-hydrogen) atoms. The summed E-state index contributed by atoms with van der Waals surface area (Å²) in [6, 6.07) is 1.69. The Labute approximate surface area is 112 Å². The van der Waals surface area contributed by atoms with Gasteiger partial charge in [-0.1, -0.05) is 5.16 Å². The van der Waals surface area contributed by atoms with Crippen molar-refractivity contribution in [3.8, 4) is 0 Å². The maximum atomic E-state index is 12.6. The van der Waals surface area contributed by atoms with Crippen LogP contribution in [0, 0.1) is 6.92 Å². The Bertz CT molecular complexity index is 596. The number of anilines is 2. The summed E-state index contributed by atoms with van der Waals surface area (Å²) >= 11 is 0. The molecule has 0 unspecified atom stereocenters. The summed E-state index contributed by atoms with van der Waals surface area (Å²) in [4.78, 5) is 7.76. The van der Waals surface area contributed by atoms with Crippen LogP contribution in [0.15, 0.2) is 16.7 Å². The van der Waals surface area contributed by atoms with Gasteiger partial charge in [0.25, 0.3) is 0 Å². The zero-order valence-corrected chi connectivity index (χ0v) is 10.5. The summed E-state index contributed by atoms with van der Waals surface area (Å²) in [6.07, 6.45) is -4.06. The average molecular weight is 287 g/mol. The molecule has 0 aliphatic heterocycles. The van der Waals surface area contributed by atoms with Gasteiger partial charge in [0.05, 0.1) is 5.56 Å². The third-order valence-electron chi connectivity index (χ3n) is 2.40. The minimum absolute atomic E-state index is 0.0533. The molecule has 2 rings (SSSR count). The van der Waals surface area contributed by atoms with Gasteiger partial charge in [-0.15, -0.1) is 0 Å². The van der Waals surface area contributed by atoms with E-state index in [1.54, 1.807) is 6.92 Å². The van der Waals surface area contributed by atoms with Crippen LogP contribution in [0.4, 0.5) is 24.8 Å². The SMILES string of the molecule is Cc1nc(CCNc2cc(C(F)(F)F)cc(N)n2)no1. The summed E-state index contributed by atoms with van der Waals surface area (Å²) < 4.78 is 42.6. The molecule has 0 atom stereocenters. The molecule has 0 spiro atoms. The van der Waals surface area contributed by atoms with E-state index in [0.29, 0.717) is 24.7 Å². The molecule has 0 aromatic carbocycles. The van der Waals surface area contributed by atoms with Crippen molar-refractivity contribution in [2.24, 2.45) is 0 Å². The fraction of sp³-hybridized carbons (Fsp3) is 0.364. The topological polar surface area (TPSA) is 89.9 Å². The van der Waals surface area contributed by atoms with Crippen molar-refractivity contribution in [1.29, 1.82) is 0 Å². The Hall–Kier alpha value is -2.32. The molecule has 0 aliphatic rings. The van der Waals surface area contributed by atoms with E-state index in [-0.39, 0.29) is 11.6 Å². The van der Waals surface area contributed by atoms with Crippen molar-refractivity contribution in [2.45, 2.75) is 19.5 Å². The molecule has 2 aromatic rings. The standard InChI is InChI=1S/C11H12F3N5O/c1-6-17-9(19-20-6)2-3-16-10-5-7(11(12,13)14)4-8(15)18-10/h4-5H,2-3H2,1H3,(H3,15,16,18). The Morgan fingerprint density at radius 1 is 1.30 bits per heavy atom. The van der Waals surface area contributed by atoms with Crippen LogP contribution in [0.25, 0.3) is 0 Å². The monoisotopic (exact) mass is 287 g/mol. The maximum Gasteiger partial charge on any atom is 0.416 e. The van der Waals surface area contributed by atoms with E-state index in [0.717, 1.165) is 12.1 Å². The summed E-state index contributed by atoms with van der Waals surface area (Å²) in [6.45, 7) is 1.96. The molecule has 0 amide bonds. The lowest BCUT2D eigenvalue weighted by Gasteiger charge is -2.10. The first-order chi connectivity index (χ1) is 9.34. The van der Waals surface area contributed by atoms with Gasteiger partial charge >= 0.3 is 6.18 Å². The molecule has 3 N–H and O–H groups in total. The van der Waals surface area contributed by atoms with Crippen molar-refractivity contribution < 1.29 is 17.7 Å². The number of aromatic nitrogens is 3. The quantitative estimate of drug-likeness (QED) is 0.894. The number of hydrogen-bond donors (Lipinski definition) is 2. The van der Waals surface area contributed by atoms with Crippen LogP contribution in [-0.2, 0) is 12.6 Å². The molecule has 0 saturated carbocycles. The molecule has 9 heteroatoms. The van der Waals surface area contributed by atoms with Gasteiger partial charge in [0.2, 0.25) is 5.89 Å². The smallest absolute Gasteiger partial charge is 0.384 e. The molecule has 0 saturated heterocycles. The molecule has 108 valence electrons. The van der Waals surface area contributed by atoms with Gasteiger partial charge in [0.1, 0.15) is 11.6 Å². The van der Waals surface area contributed by atoms with Crippen molar-refractivity contribution in [3.63, 3.8) is 0 Å². The molecule has 2 heterocycles. The highest BCUT2D eigenvalue weighted by atomic mass is 19.4. The summed E-state index contributed by atoms with van der Waals surface area (Å²) in [7, 11) is 0. The normalized spacial score (nSPS) is 11.6. The first-order valence-electron chi connectivity index (χ1n) is 5.72. The van der Waals surface area contributed by atoms with Crippen molar-refractivity contribution in [1.82, 2.24) is 15.1 Å². The molecule has 0 radical (unpaired) electrons. The van der Waals surface area contributed by atoms with E-state index < -0.39 is 11.7 Å². The van der Waals surface area contributed by atoms with Gasteiger partial charge in [-0.05, 0) is 12.1 Å². The molecule has 2 aromatic heterocycles. The predicted molar refractivity (Wildman–Crippen MR) is 64.9 cm³/mol. The number of nitrogens with two attached hydrogens (primary N) is 1. The minimum atomic E-state index is -4.46. The second kappa shape index (κ2) is 5.35. The van der Waals surface area contributed by atoms with Gasteiger partial charge in [0, 0.05) is 19.9 Å². The predicted octanol–water partition coefficient (Wildman–Crippen LogP) is 2.03. The molecule has 0 fully saturated rings. The number of pyridine rings is 1. The van der Waals surface area contributed by atoms with Gasteiger partial charge in [0.15, 0.2) is 5.82 Å². The Balaban J connectivity index is 2.00. The third-order valence-corrected chi connectivity index (χ3v) is 2.40. The Morgan fingerprint density at radius 2 is 2.05 bits per heavy atom. The van der Waals surface area contributed by atoms with Gasteiger partial charge in [-0.25, -0.2) is 4.98 Å². The van der Waals surface area contributed by atoms with Gasteiger partial charge in [-0.3, -0.25) is 0 Å². The number of aryl methyl sites for hydroxylation is 1. The van der Waals surface area contributed by atoms with E-state index in [1.165, 1.54) is 0 Å². The van der Waals surface area contributed by atoms with Crippen molar-refractivity contribution in [2.75, 3.05) is 17.6 Å². The number of alkyl halides is 3. The highest BCUT2D eigenvalue weighted by Crippen LogP contribution is 2.31. The average Bonchev–Trinajstić information content (AvgIpc) is 2.73. The van der Waals surface area contributed by atoms with E-state index in [1.807, 2.05) is 0 Å². The number of rotatable bonds is 4. The first kappa shape index (κ1) is 14.1. The summed E-state index contributed by atoms with van der Waals surface area (Å²) in [5.41, 5.74) is 4.51. The van der Waals surface area contributed by atoms with Crippen LogP contribution >= 0.6 is 0 Å².